The van der Waals surface area contributed by atoms with Crippen LogP contribution in [0.5, 0.6) is 0 Å². The molecule has 0 radical (unpaired) electrons. The topological polar surface area (TPSA) is 108 Å². The van der Waals surface area contributed by atoms with E-state index in [-0.39, 0.29) is 5.69 Å². The molecule has 0 aliphatic carbocycles. The van der Waals surface area contributed by atoms with E-state index >= 15 is 0 Å². The third-order valence-electron chi connectivity index (χ3n) is 1.63. The lowest BCUT2D eigenvalue weighted by Crippen LogP contribution is -1.91. The van der Waals surface area contributed by atoms with Crippen LogP contribution in [0.3, 0.4) is 0 Å². The molecule has 0 spiro atoms. The first kappa shape index (κ1) is 9.46. The summed E-state index contributed by atoms with van der Waals surface area (Å²) in [6.07, 6.45) is 1.16. The van der Waals surface area contributed by atoms with Crippen LogP contribution in [-0.2, 0) is 0 Å². The van der Waals surface area contributed by atoms with Gasteiger partial charge in [0.25, 0.3) is 5.69 Å². The summed E-state index contributed by atoms with van der Waals surface area (Å²) >= 11 is 1.05. The lowest BCUT2D eigenvalue weighted by Gasteiger charge is -1.93. The zero-order chi connectivity index (χ0) is 10.8. The lowest BCUT2D eigenvalue weighted by atomic mass is 10.3. The standard InChI is InChI=1S/C7H5N5O2S/c8-7-10-6(11-15-7)5-2-1-4(3-9-5)12(13)14/h1-3H,(H2,8,10,11). The Morgan fingerprint density at radius 3 is 2.73 bits per heavy atom. The first-order valence-electron chi connectivity index (χ1n) is 3.87. The molecule has 2 heterocycles. The molecule has 2 N–H and O–H groups in total. The van der Waals surface area contributed by atoms with Crippen molar-refractivity contribution in [2.45, 2.75) is 0 Å². The van der Waals surface area contributed by atoms with Crippen LogP contribution in [0, 0.1) is 10.1 Å². The minimum absolute atomic E-state index is 0.0676. The Balaban J connectivity index is 2.35. The maximum atomic E-state index is 10.4. The summed E-state index contributed by atoms with van der Waals surface area (Å²) in [6, 6.07) is 2.83. The van der Waals surface area contributed by atoms with E-state index in [1.54, 1.807) is 0 Å². The Morgan fingerprint density at radius 2 is 2.27 bits per heavy atom. The maximum Gasteiger partial charge on any atom is 0.287 e. The quantitative estimate of drug-likeness (QED) is 0.603. The average molecular weight is 223 g/mol. The Hall–Kier alpha value is -2.09. The molecule has 0 aromatic carbocycles. The molecule has 2 aromatic heterocycles. The van der Waals surface area contributed by atoms with Crippen molar-refractivity contribution in [2.75, 3.05) is 5.73 Å². The van der Waals surface area contributed by atoms with Gasteiger partial charge in [-0.25, -0.2) is 4.98 Å². The molecule has 0 saturated heterocycles. The second-order valence-electron chi connectivity index (χ2n) is 2.61. The van der Waals surface area contributed by atoms with Crippen LogP contribution in [0.2, 0.25) is 0 Å². The highest BCUT2D eigenvalue weighted by molar-refractivity contribution is 7.09. The fourth-order valence-electron chi connectivity index (χ4n) is 0.966. The van der Waals surface area contributed by atoms with E-state index < -0.39 is 4.92 Å². The number of rotatable bonds is 2. The predicted octanol–water partition coefficient (Wildman–Crippen LogP) is 1.09. The van der Waals surface area contributed by atoms with Gasteiger partial charge in [0.2, 0.25) is 0 Å². The van der Waals surface area contributed by atoms with Crippen LogP contribution >= 0.6 is 11.5 Å². The van der Waals surface area contributed by atoms with Crippen LogP contribution in [0.15, 0.2) is 18.3 Å². The molecule has 0 bridgehead atoms. The number of anilines is 1. The minimum atomic E-state index is -0.514. The molecule has 0 aliphatic rings. The molecule has 2 rings (SSSR count). The monoisotopic (exact) mass is 223 g/mol. The fourth-order valence-corrected chi connectivity index (χ4v) is 1.41. The van der Waals surface area contributed by atoms with Crippen molar-refractivity contribution in [3.8, 4) is 11.5 Å². The van der Waals surface area contributed by atoms with Crippen molar-refractivity contribution in [1.82, 2.24) is 14.3 Å². The second kappa shape index (κ2) is 3.58. The zero-order valence-corrected chi connectivity index (χ0v) is 8.14. The Bertz CT molecular complexity index is 494. The van der Waals surface area contributed by atoms with Crippen LogP contribution in [0.25, 0.3) is 11.5 Å². The summed E-state index contributed by atoms with van der Waals surface area (Å²) in [6.45, 7) is 0. The van der Waals surface area contributed by atoms with E-state index in [1.165, 1.54) is 12.1 Å². The molecule has 0 atom stereocenters. The van der Waals surface area contributed by atoms with Gasteiger partial charge in [0.1, 0.15) is 11.9 Å². The van der Waals surface area contributed by atoms with Gasteiger partial charge in [-0.1, -0.05) is 0 Å². The van der Waals surface area contributed by atoms with E-state index in [0.29, 0.717) is 16.6 Å². The lowest BCUT2D eigenvalue weighted by molar-refractivity contribution is -0.385. The van der Waals surface area contributed by atoms with Gasteiger partial charge in [-0.3, -0.25) is 10.1 Å². The molecule has 0 fully saturated rings. The van der Waals surface area contributed by atoms with Crippen molar-refractivity contribution in [2.24, 2.45) is 0 Å². The first-order chi connectivity index (χ1) is 7.16. The van der Waals surface area contributed by atoms with Gasteiger partial charge in [-0.05, 0) is 6.07 Å². The highest BCUT2D eigenvalue weighted by Crippen LogP contribution is 2.18. The SMILES string of the molecule is Nc1nc(-c2ccc([N+](=O)[O-])cn2)ns1. The summed E-state index contributed by atoms with van der Waals surface area (Å²) < 4.78 is 3.93. The molecule has 15 heavy (non-hydrogen) atoms. The van der Waals surface area contributed by atoms with Gasteiger partial charge in [0.05, 0.1) is 4.92 Å². The number of nitrogens with zero attached hydrogens (tertiary/aromatic N) is 4. The van der Waals surface area contributed by atoms with E-state index in [2.05, 4.69) is 14.3 Å². The van der Waals surface area contributed by atoms with Crippen molar-refractivity contribution < 1.29 is 4.92 Å². The number of hydrogen-bond acceptors (Lipinski definition) is 7. The summed E-state index contributed by atoms with van der Waals surface area (Å²) in [4.78, 5) is 17.6. The Kier molecular flexibility index (Phi) is 2.26. The molecular formula is C7H5N5O2S. The summed E-state index contributed by atoms with van der Waals surface area (Å²) in [7, 11) is 0. The molecule has 7 nitrogen and oxygen atoms in total. The highest BCUT2D eigenvalue weighted by Gasteiger charge is 2.09. The molecule has 0 aliphatic heterocycles. The van der Waals surface area contributed by atoms with Crippen molar-refractivity contribution in [3.63, 3.8) is 0 Å². The van der Waals surface area contributed by atoms with Crippen LogP contribution in [0.1, 0.15) is 0 Å². The molecule has 2 aromatic rings. The first-order valence-corrected chi connectivity index (χ1v) is 4.64. The van der Waals surface area contributed by atoms with Crippen molar-refractivity contribution in [3.05, 3.63) is 28.4 Å². The highest BCUT2D eigenvalue weighted by atomic mass is 32.1. The van der Waals surface area contributed by atoms with Gasteiger partial charge in [-0.15, -0.1) is 0 Å². The number of nitro groups is 1. The van der Waals surface area contributed by atoms with Crippen LogP contribution < -0.4 is 5.73 Å². The smallest absolute Gasteiger partial charge is 0.287 e. The Labute approximate surface area is 87.9 Å². The molecule has 0 amide bonds. The van der Waals surface area contributed by atoms with Gasteiger partial charge < -0.3 is 5.73 Å². The summed E-state index contributed by atoms with van der Waals surface area (Å²) in [5, 5.41) is 10.7. The van der Waals surface area contributed by atoms with E-state index in [0.717, 1.165) is 17.7 Å². The predicted molar refractivity (Wildman–Crippen MR) is 54.2 cm³/mol. The number of aromatic nitrogens is 3. The molecule has 0 unspecified atom stereocenters. The number of hydrogen-bond donors (Lipinski definition) is 1. The third-order valence-corrected chi connectivity index (χ3v) is 2.17. The normalized spacial score (nSPS) is 10.1. The fraction of sp³-hybridized carbons (Fsp3) is 0. The minimum Gasteiger partial charge on any atom is -0.374 e. The van der Waals surface area contributed by atoms with Crippen LogP contribution in [0.4, 0.5) is 10.8 Å². The molecule has 0 saturated carbocycles. The van der Waals surface area contributed by atoms with E-state index in [9.17, 15) is 10.1 Å². The van der Waals surface area contributed by atoms with Gasteiger partial charge in [0.15, 0.2) is 11.0 Å². The van der Waals surface area contributed by atoms with E-state index in [1.807, 2.05) is 0 Å². The third kappa shape index (κ3) is 1.89. The van der Waals surface area contributed by atoms with Gasteiger partial charge in [0, 0.05) is 17.6 Å². The maximum absolute atomic E-state index is 10.4. The number of nitrogen functional groups attached to an aromatic ring is 1. The van der Waals surface area contributed by atoms with Crippen molar-refractivity contribution >= 4 is 22.4 Å². The summed E-state index contributed by atoms with van der Waals surface area (Å²) in [5.41, 5.74) is 5.80. The van der Waals surface area contributed by atoms with Gasteiger partial charge >= 0.3 is 0 Å². The van der Waals surface area contributed by atoms with Crippen LogP contribution in [-0.4, -0.2) is 19.3 Å². The molecule has 8 heteroatoms. The molecule has 76 valence electrons. The largest absolute Gasteiger partial charge is 0.374 e. The van der Waals surface area contributed by atoms with Gasteiger partial charge in [-0.2, -0.15) is 9.36 Å². The number of pyridine rings is 1. The summed E-state index contributed by atoms with van der Waals surface area (Å²) in [5.74, 6) is 0.382. The average Bonchev–Trinajstić information content (AvgIpc) is 2.65. The van der Waals surface area contributed by atoms with E-state index in [4.69, 9.17) is 5.73 Å². The number of nitrogens with two attached hydrogens (primary N) is 1. The zero-order valence-electron chi connectivity index (χ0n) is 7.32. The van der Waals surface area contributed by atoms with Crippen molar-refractivity contribution in [1.29, 1.82) is 0 Å². The molecular weight excluding hydrogens is 218 g/mol. The second-order valence-corrected chi connectivity index (χ2v) is 3.40. The Morgan fingerprint density at radius 1 is 1.47 bits per heavy atom.